The predicted octanol–water partition coefficient (Wildman–Crippen LogP) is 3.02. The molecule has 0 bridgehead atoms. The van der Waals surface area contributed by atoms with Gasteiger partial charge in [-0.25, -0.2) is 0 Å². The third-order valence-electron chi connectivity index (χ3n) is 3.84. The third kappa shape index (κ3) is 3.24. The van der Waals surface area contributed by atoms with Crippen molar-refractivity contribution in [3.63, 3.8) is 0 Å². The molecule has 1 amide bonds. The summed E-state index contributed by atoms with van der Waals surface area (Å²) in [5.74, 6) is -0.00469. The van der Waals surface area contributed by atoms with Gasteiger partial charge in [-0.3, -0.25) is 4.79 Å². The van der Waals surface area contributed by atoms with E-state index in [0.29, 0.717) is 0 Å². The first-order valence-corrected chi connectivity index (χ1v) is 7.44. The van der Waals surface area contributed by atoms with E-state index in [9.17, 15) is 4.79 Å². The van der Waals surface area contributed by atoms with Gasteiger partial charge in [0.1, 0.15) is 0 Å². The second kappa shape index (κ2) is 6.00. The lowest BCUT2D eigenvalue weighted by molar-refractivity contribution is 0.0940. The molecule has 1 aliphatic heterocycles. The molecule has 2 aromatic rings. The maximum Gasteiger partial charge on any atom is 0.251 e. The molecule has 0 saturated carbocycles. The predicted molar refractivity (Wildman–Crippen MR) is 85.7 cm³/mol. The van der Waals surface area contributed by atoms with Gasteiger partial charge in [-0.15, -0.1) is 0 Å². The molecule has 0 spiro atoms. The van der Waals surface area contributed by atoms with Crippen molar-refractivity contribution >= 4 is 11.6 Å². The average molecular weight is 280 g/mol. The van der Waals surface area contributed by atoms with Crippen molar-refractivity contribution in [3.05, 3.63) is 65.2 Å². The van der Waals surface area contributed by atoms with E-state index in [-0.39, 0.29) is 11.9 Å². The third-order valence-corrected chi connectivity index (χ3v) is 3.84. The Morgan fingerprint density at radius 3 is 2.86 bits per heavy atom. The highest BCUT2D eigenvalue weighted by molar-refractivity contribution is 5.95. The first kappa shape index (κ1) is 13.7. The fourth-order valence-corrected chi connectivity index (χ4v) is 2.76. The lowest BCUT2D eigenvalue weighted by Crippen LogP contribution is -2.34. The Bertz CT molecular complexity index is 637. The van der Waals surface area contributed by atoms with Gasteiger partial charge >= 0.3 is 0 Å². The number of carbonyl (C=O) groups excluding carboxylic acids is 1. The summed E-state index contributed by atoms with van der Waals surface area (Å²) in [6.45, 7) is 3.00. The molecule has 3 nitrogen and oxygen atoms in total. The number of rotatable bonds is 4. The van der Waals surface area contributed by atoms with E-state index in [1.165, 1.54) is 11.1 Å². The molecule has 3 heteroatoms. The molecule has 3 rings (SSSR count). The smallest absolute Gasteiger partial charge is 0.251 e. The number of benzene rings is 2. The largest absolute Gasteiger partial charge is 0.384 e. The molecule has 2 aromatic carbocycles. The number of amides is 1. The molecule has 0 aromatic heterocycles. The molecule has 0 radical (unpaired) electrons. The SMILES string of the molecule is CC(Cc1ccccc1)NC(=O)c1ccc2c(c1)NCC2. The van der Waals surface area contributed by atoms with Gasteiger partial charge < -0.3 is 10.6 Å². The van der Waals surface area contributed by atoms with Crippen LogP contribution in [-0.2, 0) is 12.8 Å². The molecule has 1 atom stereocenters. The van der Waals surface area contributed by atoms with Crippen molar-refractivity contribution in [2.75, 3.05) is 11.9 Å². The van der Waals surface area contributed by atoms with Crippen LogP contribution in [0.3, 0.4) is 0 Å². The van der Waals surface area contributed by atoms with Gasteiger partial charge in [0.25, 0.3) is 5.91 Å². The molecular formula is C18H20N2O. The lowest BCUT2D eigenvalue weighted by Gasteiger charge is -2.14. The molecular weight excluding hydrogens is 260 g/mol. The first-order valence-electron chi connectivity index (χ1n) is 7.44. The van der Waals surface area contributed by atoms with Crippen LogP contribution in [0.4, 0.5) is 5.69 Å². The first-order chi connectivity index (χ1) is 10.2. The number of carbonyl (C=O) groups is 1. The molecule has 1 unspecified atom stereocenters. The Hall–Kier alpha value is -2.29. The highest BCUT2D eigenvalue weighted by atomic mass is 16.1. The zero-order chi connectivity index (χ0) is 14.7. The van der Waals surface area contributed by atoms with Crippen LogP contribution in [0.5, 0.6) is 0 Å². The molecule has 108 valence electrons. The zero-order valence-electron chi connectivity index (χ0n) is 12.2. The summed E-state index contributed by atoms with van der Waals surface area (Å²) in [4.78, 5) is 12.3. The number of nitrogens with one attached hydrogen (secondary N) is 2. The van der Waals surface area contributed by atoms with E-state index >= 15 is 0 Å². The number of hydrogen-bond donors (Lipinski definition) is 2. The molecule has 0 saturated heterocycles. The van der Waals surface area contributed by atoms with Crippen LogP contribution in [0.15, 0.2) is 48.5 Å². The lowest BCUT2D eigenvalue weighted by atomic mass is 10.1. The van der Waals surface area contributed by atoms with Crippen molar-refractivity contribution in [3.8, 4) is 0 Å². The van der Waals surface area contributed by atoms with Gasteiger partial charge in [0.05, 0.1) is 0 Å². The van der Waals surface area contributed by atoms with Crippen LogP contribution < -0.4 is 10.6 Å². The Balaban J connectivity index is 1.63. The summed E-state index contributed by atoms with van der Waals surface area (Å²) in [5, 5.41) is 6.38. The van der Waals surface area contributed by atoms with Crippen LogP contribution in [0.25, 0.3) is 0 Å². The molecule has 0 aliphatic carbocycles. The quantitative estimate of drug-likeness (QED) is 0.904. The van der Waals surface area contributed by atoms with Gasteiger partial charge in [0.2, 0.25) is 0 Å². The summed E-state index contributed by atoms with van der Waals surface area (Å²) in [5.41, 5.74) is 4.35. The van der Waals surface area contributed by atoms with Crippen LogP contribution in [0, 0.1) is 0 Å². The van der Waals surface area contributed by atoms with Crippen molar-refractivity contribution < 1.29 is 4.79 Å². The molecule has 1 heterocycles. The van der Waals surface area contributed by atoms with Crippen molar-refractivity contribution in [1.82, 2.24) is 5.32 Å². The van der Waals surface area contributed by atoms with Crippen LogP contribution in [0.2, 0.25) is 0 Å². The van der Waals surface area contributed by atoms with Gasteiger partial charge in [0.15, 0.2) is 0 Å². The van der Waals surface area contributed by atoms with E-state index in [0.717, 1.165) is 30.6 Å². The standard InChI is InChI=1S/C18H20N2O/c1-13(11-14-5-3-2-4-6-14)20-18(21)16-8-7-15-9-10-19-17(15)12-16/h2-8,12-13,19H,9-11H2,1H3,(H,20,21). The highest BCUT2D eigenvalue weighted by Crippen LogP contribution is 2.23. The Kier molecular flexibility index (Phi) is 3.91. The van der Waals surface area contributed by atoms with Crippen LogP contribution in [0.1, 0.15) is 28.4 Å². The molecule has 0 fully saturated rings. The Labute approximate surface area is 125 Å². The summed E-state index contributed by atoms with van der Waals surface area (Å²) in [6, 6.07) is 16.2. The molecule has 2 N–H and O–H groups in total. The summed E-state index contributed by atoms with van der Waals surface area (Å²) < 4.78 is 0. The van der Waals surface area contributed by atoms with Gasteiger partial charge in [-0.05, 0) is 43.0 Å². The van der Waals surface area contributed by atoms with Crippen LogP contribution in [-0.4, -0.2) is 18.5 Å². The minimum Gasteiger partial charge on any atom is -0.384 e. The Morgan fingerprint density at radius 2 is 2.05 bits per heavy atom. The van der Waals surface area contributed by atoms with Crippen molar-refractivity contribution in [2.24, 2.45) is 0 Å². The van der Waals surface area contributed by atoms with Gasteiger partial charge in [0, 0.05) is 23.8 Å². The molecule has 1 aliphatic rings. The minimum absolute atomic E-state index is 0.00469. The number of fused-ring (bicyclic) bond motifs is 1. The Morgan fingerprint density at radius 1 is 1.24 bits per heavy atom. The number of anilines is 1. The number of hydrogen-bond acceptors (Lipinski definition) is 2. The highest BCUT2D eigenvalue weighted by Gasteiger charge is 2.15. The fraction of sp³-hybridized carbons (Fsp3) is 0.278. The van der Waals surface area contributed by atoms with Gasteiger partial charge in [-0.2, -0.15) is 0 Å². The minimum atomic E-state index is -0.00469. The second-order valence-corrected chi connectivity index (χ2v) is 5.61. The van der Waals surface area contributed by atoms with Gasteiger partial charge in [-0.1, -0.05) is 36.4 Å². The maximum absolute atomic E-state index is 12.3. The van der Waals surface area contributed by atoms with E-state index < -0.39 is 0 Å². The monoisotopic (exact) mass is 280 g/mol. The zero-order valence-corrected chi connectivity index (χ0v) is 12.2. The van der Waals surface area contributed by atoms with Crippen molar-refractivity contribution in [1.29, 1.82) is 0 Å². The topological polar surface area (TPSA) is 41.1 Å². The van der Waals surface area contributed by atoms with E-state index in [1.807, 2.05) is 43.3 Å². The summed E-state index contributed by atoms with van der Waals surface area (Å²) in [6.07, 6.45) is 1.89. The molecule has 21 heavy (non-hydrogen) atoms. The van der Waals surface area contributed by atoms with E-state index in [4.69, 9.17) is 0 Å². The van der Waals surface area contributed by atoms with E-state index in [1.54, 1.807) is 0 Å². The fourth-order valence-electron chi connectivity index (χ4n) is 2.76. The maximum atomic E-state index is 12.3. The normalized spacial score (nSPS) is 14.1. The van der Waals surface area contributed by atoms with E-state index in [2.05, 4.69) is 22.8 Å². The second-order valence-electron chi connectivity index (χ2n) is 5.61. The summed E-state index contributed by atoms with van der Waals surface area (Å²) in [7, 11) is 0. The summed E-state index contributed by atoms with van der Waals surface area (Å²) >= 11 is 0. The van der Waals surface area contributed by atoms with Crippen molar-refractivity contribution in [2.45, 2.75) is 25.8 Å². The average Bonchev–Trinajstić information content (AvgIpc) is 2.95. The van der Waals surface area contributed by atoms with Crippen LogP contribution >= 0.6 is 0 Å².